The summed E-state index contributed by atoms with van der Waals surface area (Å²) < 4.78 is 31.0. The van der Waals surface area contributed by atoms with Crippen molar-refractivity contribution >= 4 is 17.6 Å². The van der Waals surface area contributed by atoms with Gasteiger partial charge in [-0.3, -0.25) is 4.79 Å². The van der Waals surface area contributed by atoms with E-state index in [1.165, 1.54) is 0 Å². The number of nitrogens with two attached hydrogens (primary N) is 1. The fourth-order valence-electron chi connectivity index (χ4n) is 1.43. The van der Waals surface area contributed by atoms with Gasteiger partial charge in [0.1, 0.15) is 18.2 Å². The fraction of sp³-hybridized carbons (Fsp3) is 0.385. The maximum absolute atomic E-state index is 13.4. The fourth-order valence-corrected chi connectivity index (χ4v) is 1.43. The van der Waals surface area contributed by atoms with Gasteiger partial charge in [-0.25, -0.2) is 13.6 Å². The third kappa shape index (κ3) is 4.49. The van der Waals surface area contributed by atoms with Crippen LogP contribution in [0.1, 0.15) is 30.6 Å². The predicted octanol–water partition coefficient (Wildman–Crippen LogP) is 1.62. The molecule has 1 aromatic carbocycles. The number of ether oxygens (including phenoxy) is 1. The summed E-state index contributed by atoms with van der Waals surface area (Å²) in [6.07, 6.45) is -0.0395. The SMILES string of the molecule is CC(C)NC(=O)CCOC(=O)c1cc(N)c(F)cc1F. The predicted molar refractivity (Wildman–Crippen MR) is 68.9 cm³/mol. The van der Waals surface area contributed by atoms with Crippen molar-refractivity contribution in [3.8, 4) is 0 Å². The molecule has 20 heavy (non-hydrogen) atoms. The summed E-state index contributed by atoms with van der Waals surface area (Å²) in [5.74, 6) is -3.29. The second-order valence-electron chi connectivity index (χ2n) is 4.46. The molecule has 0 spiro atoms. The van der Waals surface area contributed by atoms with Crippen molar-refractivity contribution in [2.45, 2.75) is 26.3 Å². The Kier molecular flexibility index (Phi) is 5.42. The van der Waals surface area contributed by atoms with E-state index in [1.807, 2.05) is 0 Å². The van der Waals surface area contributed by atoms with Crippen LogP contribution in [0.4, 0.5) is 14.5 Å². The zero-order chi connectivity index (χ0) is 15.3. The van der Waals surface area contributed by atoms with E-state index in [0.29, 0.717) is 6.07 Å². The van der Waals surface area contributed by atoms with Crippen LogP contribution >= 0.6 is 0 Å². The second kappa shape index (κ2) is 6.83. The van der Waals surface area contributed by atoms with Crippen LogP contribution in [0.2, 0.25) is 0 Å². The number of anilines is 1. The first-order chi connectivity index (χ1) is 9.31. The third-order valence-corrected chi connectivity index (χ3v) is 2.32. The van der Waals surface area contributed by atoms with E-state index in [-0.39, 0.29) is 30.7 Å². The number of benzene rings is 1. The van der Waals surface area contributed by atoms with Gasteiger partial charge in [0.25, 0.3) is 0 Å². The zero-order valence-corrected chi connectivity index (χ0v) is 11.2. The van der Waals surface area contributed by atoms with E-state index in [2.05, 4.69) is 5.32 Å². The molecule has 5 nitrogen and oxygen atoms in total. The van der Waals surface area contributed by atoms with Gasteiger partial charge in [0.05, 0.1) is 17.7 Å². The molecular weight excluding hydrogens is 270 g/mol. The Balaban J connectivity index is 2.56. The van der Waals surface area contributed by atoms with E-state index < -0.39 is 23.2 Å². The normalized spacial score (nSPS) is 10.4. The highest BCUT2D eigenvalue weighted by atomic mass is 19.1. The highest BCUT2D eigenvalue weighted by molar-refractivity contribution is 5.91. The number of carbonyl (C=O) groups excluding carboxylic acids is 2. The van der Waals surface area contributed by atoms with Crippen molar-refractivity contribution in [2.24, 2.45) is 0 Å². The first kappa shape index (κ1) is 15.9. The number of hydrogen-bond acceptors (Lipinski definition) is 4. The molecule has 110 valence electrons. The van der Waals surface area contributed by atoms with Gasteiger partial charge in [-0.1, -0.05) is 0 Å². The van der Waals surface area contributed by atoms with Crippen molar-refractivity contribution in [3.05, 3.63) is 29.3 Å². The number of esters is 1. The van der Waals surface area contributed by atoms with Gasteiger partial charge in [0.2, 0.25) is 5.91 Å². The molecule has 0 radical (unpaired) electrons. The van der Waals surface area contributed by atoms with Gasteiger partial charge in [-0.05, 0) is 19.9 Å². The molecule has 0 atom stereocenters. The molecule has 1 amide bonds. The number of hydrogen-bond donors (Lipinski definition) is 2. The van der Waals surface area contributed by atoms with Crippen molar-refractivity contribution in [1.82, 2.24) is 5.32 Å². The average molecular weight is 286 g/mol. The Bertz CT molecular complexity index is 519. The molecule has 1 aromatic rings. The van der Waals surface area contributed by atoms with E-state index in [4.69, 9.17) is 10.5 Å². The Labute approximate surface area is 115 Å². The Morgan fingerprint density at radius 1 is 1.30 bits per heavy atom. The maximum atomic E-state index is 13.4. The Morgan fingerprint density at radius 2 is 1.95 bits per heavy atom. The van der Waals surface area contributed by atoms with Crippen molar-refractivity contribution in [1.29, 1.82) is 0 Å². The van der Waals surface area contributed by atoms with E-state index in [0.717, 1.165) is 6.07 Å². The van der Waals surface area contributed by atoms with Crippen LogP contribution in [0.15, 0.2) is 12.1 Å². The summed E-state index contributed by atoms with van der Waals surface area (Å²) in [6.45, 7) is 3.38. The number of rotatable bonds is 5. The molecule has 3 N–H and O–H groups in total. The van der Waals surface area contributed by atoms with Crippen molar-refractivity contribution in [2.75, 3.05) is 12.3 Å². The van der Waals surface area contributed by atoms with Gasteiger partial charge < -0.3 is 15.8 Å². The Morgan fingerprint density at radius 3 is 2.55 bits per heavy atom. The monoisotopic (exact) mass is 286 g/mol. The number of amides is 1. The minimum absolute atomic E-state index is 0.0208. The summed E-state index contributed by atoms with van der Waals surface area (Å²) in [7, 11) is 0. The summed E-state index contributed by atoms with van der Waals surface area (Å²) in [5, 5.41) is 2.61. The number of carbonyl (C=O) groups is 2. The number of nitrogens with one attached hydrogen (secondary N) is 1. The van der Waals surface area contributed by atoms with Gasteiger partial charge in [-0.2, -0.15) is 0 Å². The minimum atomic E-state index is -1.06. The summed E-state index contributed by atoms with van der Waals surface area (Å²) in [6, 6.07) is 1.35. The smallest absolute Gasteiger partial charge is 0.341 e. The molecular formula is C13H16F2N2O3. The van der Waals surface area contributed by atoms with Crippen LogP contribution in [0.3, 0.4) is 0 Å². The molecule has 0 saturated carbocycles. The van der Waals surface area contributed by atoms with Gasteiger partial charge in [0, 0.05) is 12.1 Å². The molecule has 0 aromatic heterocycles. The standard InChI is InChI=1S/C13H16F2N2O3/c1-7(2)17-12(18)3-4-20-13(19)8-5-11(16)10(15)6-9(8)14/h5-7H,3-4,16H2,1-2H3,(H,17,18). The van der Waals surface area contributed by atoms with Crippen LogP contribution in [0, 0.1) is 11.6 Å². The lowest BCUT2D eigenvalue weighted by Crippen LogP contribution is -2.31. The largest absolute Gasteiger partial charge is 0.461 e. The summed E-state index contributed by atoms with van der Waals surface area (Å²) in [4.78, 5) is 22.9. The lowest BCUT2D eigenvalue weighted by atomic mass is 10.2. The van der Waals surface area contributed by atoms with Crippen molar-refractivity contribution in [3.63, 3.8) is 0 Å². The topological polar surface area (TPSA) is 81.4 Å². The minimum Gasteiger partial charge on any atom is -0.461 e. The molecule has 0 saturated heterocycles. The molecule has 1 rings (SSSR count). The molecule has 0 fully saturated rings. The zero-order valence-electron chi connectivity index (χ0n) is 11.2. The van der Waals surface area contributed by atoms with Crippen LogP contribution in [-0.4, -0.2) is 24.5 Å². The van der Waals surface area contributed by atoms with Gasteiger partial charge in [0.15, 0.2) is 0 Å². The van der Waals surface area contributed by atoms with Crippen LogP contribution in [0.25, 0.3) is 0 Å². The molecule has 0 bridgehead atoms. The molecule has 0 unspecified atom stereocenters. The van der Waals surface area contributed by atoms with Gasteiger partial charge in [-0.15, -0.1) is 0 Å². The van der Waals surface area contributed by atoms with E-state index >= 15 is 0 Å². The molecule has 0 heterocycles. The van der Waals surface area contributed by atoms with E-state index in [9.17, 15) is 18.4 Å². The summed E-state index contributed by atoms with van der Waals surface area (Å²) in [5.41, 5.74) is 4.43. The lowest BCUT2D eigenvalue weighted by Gasteiger charge is -2.09. The van der Waals surface area contributed by atoms with Crippen LogP contribution < -0.4 is 11.1 Å². The third-order valence-electron chi connectivity index (χ3n) is 2.32. The average Bonchev–Trinajstić information content (AvgIpc) is 2.32. The lowest BCUT2D eigenvalue weighted by molar-refractivity contribution is -0.122. The molecule has 0 aliphatic heterocycles. The Hall–Kier alpha value is -2.18. The quantitative estimate of drug-likeness (QED) is 0.636. The number of nitrogen functional groups attached to an aromatic ring is 1. The van der Waals surface area contributed by atoms with Gasteiger partial charge >= 0.3 is 5.97 Å². The van der Waals surface area contributed by atoms with Crippen LogP contribution in [-0.2, 0) is 9.53 Å². The first-order valence-electron chi connectivity index (χ1n) is 6.02. The number of halogens is 2. The van der Waals surface area contributed by atoms with Crippen LogP contribution in [0.5, 0.6) is 0 Å². The van der Waals surface area contributed by atoms with E-state index in [1.54, 1.807) is 13.8 Å². The van der Waals surface area contributed by atoms with Crippen molar-refractivity contribution < 1.29 is 23.1 Å². The summed E-state index contributed by atoms with van der Waals surface area (Å²) >= 11 is 0. The molecule has 0 aliphatic carbocycles. The highest BCUT2D eigenvalue weighted by Gasteiger charge is 2.16. The molecule has 7 heteroatoms. The molecule has 0 aliphatic rings. The second-order valence-corrected chi connectivity index (χ2v) is 4.46. The first-order valence-corrected chi connectivity index (χ1v) is 6.02. The highest BCUT2D eigenvalue weighted by Crippen LogP contribution is 2.17. The maximum Gasteiger partial charge on any atom is 0.341 e.